The third-order valence-electron chi connectivity index (χ3n) is 7.05. The topological polar surface area (TPSA) is 53.7 Å². The van der Waals surface area contributed by atoms with Crippen LogP contribution in [-0.2, 0) is 0 Å². The summed E-state index contributed by atoms with van der Waals surface area (Å²) in [5.74, 6) is 0.129. The van der Waals surface area contributed by atoms with E-state index in [0.717, 1.165) is 39.7 Å². The quantitative estimate of drug-likeness (QED) is 0.323. The van der Waals surface area contributed by atoms with Crippen molar-refractivity contribution in [2.45, 2.75) is 26.2 Å². The molecule has 0 saturated heterocycles. The van der Waals surface area contributed by atoms with Gasteiger partial charge in [0.2, 0.25) is 0 Å². The summed E-state index contributed by atoms with van der Waals surface area (Å²) in [6.45, 7) is 4.19. The Kier molecular flexibility index (Phi) is 5.65. The Bertz CT molecular complexity index is 1750. The number of benzene rings is 4. The monoisotopic (exact) mass is 485 g/mol. The standard InChI is InChI=1S/C33H27NO3/c1-21-6-11-25(12-7-21)34(26-13-8-22(2)9-14-26)27-5-3-4-23(18-27)24-10-16-30-29-17-15-28(35)20-31(29)33(36)37-32(30)19-24/h3-9,11-20,24,35H,10H2,1-2H3. The second-order valence-electron chi connectivity index (χ2n) is 9.71. The highest BCUT2D eigenvalue weighted by molar-refractivity contribution is 5.84. The normalized spacial score (nSPS) is 14.5. The van der Waals surface area contributed by atoms with Crippen LogP contribution in [-0.4, -0.2) is 5.11 Å². The molecule has 0 amide bonds. The number of fused-ring (bicyclic) bond motifs is 3. The van der Waals surface area contributed by atoms with Gasteiger partial charge in [0, 0.05) is 28.2 Å². The van der Waals surface area contributed by atoms with Crippen LogP contribution in [0, 0.1) is 13.8 Å². The lowest BCUT2D eigenvalue weighted by molar-refractivity contribution is 0.469. The first-order valence-corrected chi connectivity index (χ1v) is 12.5. The molecule has 5 aromatic rings. The van der Waals surface area contributed by atoms with E-state index >= 15 is 0 Å². The van der Waals surface area contributed by atoms with Gasteiger partial charge in [0.15, 0.2) is 0 Å². The van der Waals surface area contributed by atoms with Crippen molar-refractivity contribution in [3.05, 3.63) is 129 Å². The van der Waals surface area contributed by atoms with E-state index < -0.39 is 5.63 Å². The second kappa shape index (κ2) is 9.14. The Morgan fingerprint density at radius 1 is 0.784 bits per heavy atom. The van der Waals surface area contributed by atoms with Gasteiger partial charge in [-0.1, -0.05) is 53.6 Å². The van der Waals surface area contributed by atoms with Crippen molar-refractivity contribution in [2.24, 2.45) is 0 Å². The zero-order valence-corrected chi connectivity index (χ0v) is 20.8. The highest BCUT2D eigenvalue weighted by Crippen LogP contribution is 2.37. The fourth-order valence-corrected chi connectivity index (χ4v) is 5.07. The summed E-state index contributed by atoms with van der Waals surface area (Å²) in [6.07, 6.45) is 4.96. The van der Waals surface area contributed by atoms with E-state index in [1.165, 1.54) is 17.2 Å². The van der Waals surface area contributed by atoms with Gasteiger partial charge in [0.05, 0.1) is 5.39 Å². The van der Waals surface area contributed by atoms with Gasteiger partial charge < -0.3 is 14.4 Å². The first-order valence-electron chi connectivity index (χ1n) is 12.5. The Hall–Kier alpha value is -4.57. The van der Waals surface area contributed by atoms with E-state index in [2.05, 4.69) is 97.6 Å². The SMILES string of the molecule is Cc1ccc(N(c2ccc(C)cc2)c2cccc(C3C=c4oc(=O)c5cc(O)ccc5c4=CC3)c2)cc1. The number of aryl methyl sites for hydroxylation is 2. The van der Waals surface area contributed by atoms with E-state index in [0.29, 0.717) is 10.8 Å². The first kappa shape index (κ1) is 22.9. The molecule has 182 valence electrons. The number of phenols is 1. The van der Waals surface area contributed by atoms with Crippen molar-refractivity contribution in [2.75, 3.05) is 4.90 Å². The lowest BCUT2D eigenvalue weighted by Crippen LogP contribution is -2.33. The minimum atomic E-state index is -0.436. The van der Waals surface area contributed by atoms with Gasteiger partial charge in [-0.3, -0.25) is 0 Å². The van der Waals surface area contributed by atoms with Gasteiger partial charge >= 0.3 is 5.63 Å². The maximum Gasteiger partial charge on any atom is 0.344 e. The Labute approximate surface area is 215 Å². The molecule has 6 rings (SSSR count). The smallest absolute Gasteiger partial charge is 0.344 e. The molecule has 1 aromatic heterocycles. The van der Waals surface area contributed by atoms with Crippen molar-refractivity contribution in [3.8, 4) is 5.75 Å². The average Bonchev–Trinajstić information content (AvgIpc) is 2.91. The van der Waals surface area contributed by atoms with Gasteiger partial charge in [-0.2, -0.15) is 0 Å². The Morgan fingerprint density at radius 2 is 1.46 bits per heavy atom. The van der Waals surface area contributed by atoms with Crippen LogP contribution in [0.1, 0.15) is 29.0 Å². The van der Waals surface area contributed by atoms with E-state index in [1.54, 1.807) is 12.1 Å². The van der Waals surface area contributed by atoms with Crippen molar-refractivity contribution in [1.29, 1.82) is 0 Å². The predicted octanol–water partition coefficient (Wildman–Crippen LogP) is 6.33. The Morgan fingerprint density at radius 3 is 2.14 bits per heavy atom. The Balaban J connectivity index is 1.44. The highest BCUT2D eigenvalue weighted by Gasteiger charge is 2.18. The van der Waals surface area contributed by atoms with E-state index in [1.807, 2.05) is 6.08 Å². The van der Waals surface area contributed by atoms with Crippen LogP contribution in [0.3, 0.4) is 0 Å². The molecule has 1 N–H and O–H groups in total. The number of nitrogens with zero attached hydrogens (tertiary/aromatic N) is 1. The molecule has 4 heteroatoms. The highest BCUT2D eigenvalue weighted by atomic mass is 16.4. The summed E-state index contributed by atoms with van der Waals surface area (Å²) in [5, 5.41) is 11.9. The number of phenolic OH excluding ortho intramolecular Hbond substituents is 1. The largest absolute Gasteiger partial charge is 0.508 e. The molecule has 1 atom stereocenters. The summed E-state index contributed by atoms with van der Waals surface area (Å²) < 4.78 is 5.69. The van der Waals surface area contributed by atoms with E-state index in [4.69, 9.17) is 4.42 Å². The fraction of sp³-hybridized carbons (Fsp3) is 0.121. The van der Waals surface area contributed by atoms with Gasteiger partial charge in [-0.25, -0.2) is 4.79 Å². The van der Waals surface area contributed by atoms with Crippen LogP contribution in [0.25, 0.3) is 22.9 Å². The van der Waals surface area contributed by atoms with Crippen molar-refractivity contribution in [3.63, 3.8) is 0 Å². The van der Waals surface area contributed by atoms with Gasteiger partial charge in [0.25, 0.3) is 0 Å². The molecule has 0 fully saturated rings. The molecule has 0 spiro atoms. The number of hydrogen-bond donors (Lipinski definition) is 1. The van der Waals surface area contributed by atoms with Crippen LogP contribution in [0.15, 0.2) is 100 Å². The average molecular weight is 486 g/mol. The van der Waals surface area contributed by atoms with Crippen LogP contribution in [0.4, 0.5) is 17.1 Å². The fourth-order valence-electron chi connectivity index (χ4n) is 5.07. The summed E-state index contributed by atoms with van der Waals surface area (Å²) in [5.41, 5.74) is 6.99. The lowest BCUT2D eigenvalue weighted by Gasteiger charge is -2.27. The molecule has 37 heavy (non-hydrogen) atoms. The minimum absolute atomic E-state index is 0.0564. The summed E-state index contributed by atoms with van der Waals surface area (Å²) in [6, 6.07) is 30.5. The zero-order valence-electron chi connectivity index (χ0n) is 20.8. The number of aromatic hydroxyl groups is 1. The lowest BCUT2D eigenvalue weighted by atomic mass is 9.91. The summed E-state index contributed by atoms with van der Waals surface area (Å²) >= 11 is 0. The summed E-state index contributed by atoms with van der Waals surface area (Å²) in [7, 11) is 0. The van der Waals surface area contributed by atoms with E-state index in [-0.39, 0.29) is 11.7 Å². The molecule has 1 aliphatic rings. The summed E-state index contributed by atoms with van der Waals surface area (Å²) in [4.78, 5) is 14.9. The third kappa shape index (κ3) is 4.31. The molecule has 1 heterocycles. The number of anilines is 3. The molecule has 4 nitrogen and oxygen atoms in total. The molecule has 0 aliphatic heterocycles. The van der Waals surface area contributed by atoms with Crippen LogP contribution in [0.5, 0.6) is 5.75 Å². The number of rotatable bonds is 4. The number of hydrogen-bond acceptors (Lipinski definition) is 4. The van der Waals surface area contributed by atoms with Crippen LogP contribution in [0.2, 0.25) is 0 Å². The first-order chi connectivity index (χ1) is 18.0. The minimum Gasteiger partial charge on any atom is -0.508 e. The van der Waals surface area contributed by atoms with Crippen LogP contribution < -0.4 is 21.2 Å². The maximum absolute atomic E-state index is 12.6. The molecule has 0 saturated carbocycles. The van der Waals surface area contributed by atoms with Gasteiger partial charge in [-0.05, 0) is 91.9 Å². The van der Waals surface area contributed by atoms with Crippen molar-refractivity contribution >= 4 is 40.0 Å². The van der Waals surface area contributed by atoms with E-state index in [9.17, 15) is 9.90 Å². The molecule has 1 unspecified atom stereocenters. The van der Waals surface area contributed by atoms with Crippen molar-refractivity contribution < 1.29 is 9.52 Å². The van der Waals surface area contributed by atoms with Crippen LogP contribution >= 0.6 is 0 Å². The molecule has 4 aromatic carbocycles. The van der Waals surface area contributed by atoms with Gasteiger partial charge in [0.1, 0.15) is 11.2 Å². The van der Waals surface area contributed by atoms with Crippen molar-refractivity contribution in [1.82, 2.24) is 0 Å². The zero-order chi connectivity index (χ0) is 25.5. The molecule has 0 radical (unpaired) electrons. The third-order valence-corrected chi connectivity index (χ3v) is 7.05. The second-order valence-corrected chi connectivity index (χ2v) is 9.71. The maximum atomic E-state index is 12.6. The molecule has 0 bridgehead atoms. The molecular formula is C33H27NO3. The predicted molar refractivity (Wildman–Crippen MR) is 150 cm³/mol. The molecular weight excluding hydrogens is 458 g/mol. The van der Waals surface area contributed by atoms with Gasteiger partial charge in [-0.15, -0.1) is 0 Å². The molecule has 1 aliphatic carbocycles.